The van der Waals surface area contributed by atoms with Gasteiger partial charge in [-0.3, -0.25) is 9.59 Å². The summed E-state index contributed by atoms with van der Waals surface area (Å²) in [5.74, 6) is -1.79. The minimum atomic E-state index is -2.66. The molecular weight excluding hydrogens is 462 g/mol. The quantitative estimate of drug-likeness (QED) is 0.465. The van der Waals surface area contributed by atoms with Gasteiger partial charge in [0, 0.05) is 37.8 Å². The molecule has 36 heavy (non-hydrogen) atoms. The van der Waals surface area contributed by atoms with Crippen LogP contribution in [0.4, 0.5) is 8.78 Å². The molecule has 0 bridgehead atoms. The minimum Gasteiger partial charge on any atom is -0.508 e. The molecule has 0 heterocycles. The van der Waals surface area contributed by atoms with Crippen molar-refractivity contribution in [3.05, 3.63) is 29.3 Å². The van der Waals surface area contributed by atoms with E-state index >= 15 is 8.78 Å². The number of carbonyl (C=O) groups is 2. The molecule has 3 unspecified atom stereocenters. The third-order valence-corrected chi connectivity index (χ3v) is 9.26. The topological polar surface area (TPSA) is 78.4 Å². The number of hydrogen-bond donors (Lipinski definition) is 3. The highest BCUT2D eigenvalue weighted by molar-refractivity contribution is 5.76. The van der Waals surface area contributed by atoms with Gasteiger partial charge in [-0.15, -0.1) is 0 Å². The number of phenols is 1. The maximum atomic E-state index is 15.2. The zero-order valence-electron chi connectivity index (χ0n) is 21.9. The van der Waals surface area contributed by atoms with E-state index in [0.29, 0.717) is 37.6 Å². The van der Waals surface area contributed by atoms with Crippen LogP contribution in [-0.4, -0.2) is 35.9 Å². The Labute approximate surface area is 213 Å². The Morgan fingerprint density at radius 2 is 1.86 bits per heavy atom. The van der Waals surface area contributed by atoms with Gasteiger partial charge in [0.15, 0.2) is 0 Å². The molecule has 5 nitrogen and oxygen atoms in total. The van der Waals surface area contributed by atoms with E-state index in [9.17, 15) is 14.7 Å². The van der Waals surface area contributed by atoms with Crippen LogP contribution in [0.5, 0.6) is 5.75 Å². The van der Waals surface area contributed by atoms with Gasteiger partial charge >= 0.3 is 0 Å². The number of amides is 2. The van der Waals surface area contributed by atoms with Crippen molar-refractivity contribution in [2.75, 3.05) is 7.05 Å². The number of fused-ring (bicyclic) bond motifs is 5. The van der Waals surface area contributed by atoms with Crippen molar-refractivity contribution in [1.29, 1.82) is 0 Å². The van der Waals surface area contributed by atoms with Crippen LogP contribution in [0.1, 0.15) is 95.1 Å². The number of phenolic OH excluding ortho intramolecular Hbond substituents is 1. The summed E-state index contributed by atoms with van der Waals surface area (Å²) in [4.78, 5) is 22.5. The normalized spacial score (nSPS) is 31.7. The largest absolute Gasteiger partial charge is 0.508 e. The van der Waals surface area contributed by atoms with Gasteiger partial charge in [-0.1, -0.05) is 19.9 Å². The Kier molecular flexibility index (Phi) is 7.96. The van der Waals surface area contributed by atoms with E-state index in [1.165, 1.54) is 11.1 Å². The molecule has 3 fully saturated rings. The van der Waals surface area contributed by atoms with Crippen molar-refractivity contribution in [3.8, 4) is 5.75 Å². The fraction of sp³-hybridized carbons (Fsp3) is 0.724. The van der Waals surface area contributed by atoms with E-state index < -0.39 is 11.3 Å². The first kappa shape index (κ1) is 26.9. The van der Waals surface area contributed by atoms with Crippen LogP contribution in [0.25, 0.3) is 0 Å². The number of hydrogen-bond acceptors (Lipinski definition) is 3. The highest BCUT2D eigenvalue weighted by atomic mass is 19.3. The van der Waals surface area contributed by atoms with Crippen molar-refractivity contribution in [1.82, 2.24) is 10.6 Å². The van der Waals surface area contributed by atoms with Gasteiger partial charge < -0.3 is 15.7 Å². The summed E-state index contributed by atoms with van der Waals surface area (Å²) in [7, 11) is 1.65. The number of halogens is 2. The molecule has 3 N–H and O–H groups in total. The number of rotatable bonds is 6. The maximum Gasteiger partial charge on any atom is 0.253 e. The van der Waals surface area contributed by atoms with Gasteiger partial charge in [-0.05, 0) is 98.3 Å². The predicted octanol–water partition coefficient (Wildman–Crippen LogP) is 5.70. The van der Waals surface area contributed by atoms with Gasteiger partial charge in [0.05, 0.1) is 0 Å². The zero-order valence-corrected chi connectivity index (χ0v) is 21.9. The van der Waals surface area contributed by atoms with Crippen LogP contribution in [0.2, 0.25) is 0 Å². The summed E-state index contributed by atoms with van der Waals surface area (Å²) < 4.78 is 30.5. The van der Waals surface area contributed by atoms with E-state index in [1.807, 2.05) is 26.0 Å². The summed E-state index contributed by atoms with van der Waals surface area (Å²) in [5.41, 5.74) is 1.47. The Hall–Kier alpha value is -2.18. The van der Waals surface area contributed by atoms with Gasteiger partial charge in [0.2, 0.25) is 11.8 Å². The van der Waals surface area contributed by atoms with E-state index in [4.69, 9.17) is 0 Å². The summed E-state index contributed by atoms with van der Waals surface area (Å²) >= 11 is 0. The van der Waals surface area contributed by atoms with Crippen molar-refractivity contribution < 1.29 is 23.5 Å². The van der Waals surface area contributed by atoms with Crippen molar-refractivity contribution in [3.63, 3.8) is 0 Å². The van der Waals surface area contributed by atoms with Gasteiger partial charge in [0.25, 0.3) is 5.92 Å². The monoisotopic (exact) mass is 504 g/mol. The van der Waals surface area contributed by atoms with Crippen LogP contribution in [0.15, 0.2) is 18.2 Å². The highest BCUT2D eigenvalue weighted by Crippen LogP contribution is 2.68. The van der Waals surface area contributed by atoms with Crippen molar-refractivity contribution in [2.45, 2.75) is 102 Å². The molecule has 0 aliphatic heterocycles. The average molecular weight is 505 g/mol. The highest BCUT2D eigenvalue weighted by Gasteiger charge is 2.67. The summed E-state index contributed by atoms with van der Waals surface area (Å²) in [6.07, 6.45) is 7.62. The van der Waals surface area contributed by atoms with Gasteiger partial charge in [0.1, 0.15) is 5.75 Å². The fourth-order valence-electron chi connectivity index (χ4n) is 7.28. The zero-order chi connectivity index (χ0) is 26.1. The molecule has 1 aromatic rings. The Balaban J connectivity index is 0.000000384. The lowest BCUT2D eigenvalue weighted by Gasteiger charge is -2.51. The first-order chi connectivity index (χ1) is 17.1. The van der Waals surface area contributed by atoms with Crippen molar-refractivity contribution in [2.24, 2.45) is 23.2 Å². The van der Waals surface area contributed by atoms with Gasteiger partial charge in [-0.25, -0.2) is 8.78 Å². The molecule has 5 rings (SSSR count). The third-order valence-electron chi connectivity index (χ3n) is 9.26. The smallest absolute Gasteiger partial charge is 0.253 e. The maximum absolute atomic E-state index is 15.2. The lowest BCUT2D eigenvalue weighted by molar-refractivity contribution is -0.133. The second-order valence-electron chi connectivity index (χ2n) is 11.6. The molecule has 0 spiro atoms. The van der Waals surface area contributed by atoms with Crippen molar-refractivity contribution >= 4 is 11.8 Å². The Morgan fingerprint density at radius 3 is 2.50 bits per heavy atom. The minimum absolute atomic E-state index is 0.0289. The lowest BCUT2D eigenvalue weighted by Crippen LogP contribution is -2.47. The number of nitrogens with one attached hydrogen (secondary N) is 2. The molecule has 5 atom stereocenters. The van der Waals surface area contributed by atoms with Gasteiger partial charge in [-0.2, -0.15) is 0 Å². The Bertz CT molecular complexity index is 964. The molecule has 4 aliphatic rings. The summed E-state index contributed by atoms with van der Waals surface area (Å²) in [5, 5.41) is 15.4. The number of aryl methyl sites for hydroxylation is 1. The average Bonchev–Trinajstić information content (AvgIpc) is 3.62. The second kappa shape index (κ2) is 10.7. The fourth-order valence-corrected chi connectivity index (χ4v) is 7.28. The van der Waals surface area contributed by atoms with Crippen LogP contribution < -0.4 is 10.6 Å². The first-order valence-corrected chi connectivity index (χ1v) is 13.8. The van der Waals surface area contributed by atoms with E-state index in [1.54, 1.807) is 13.1 Å². The molecule has 2 amide bonds. The van der Waals surface area contributed by atoms with Crippen LogP contribution in [-0.2, 0) is 16.0 Å². The lowest BCUT2D eigenvalue weighted by atomic mass is 9.53. The predicted molar refractivity (Wildman–Crippen MR) is 136 cm³/mol. The second-order valence-corrected chi connectivity index (χ2v) is 11.6. The van der Waals surface area contributed by atoms with Crippen LogP contribution >= 0.6 is 0 Å². The molecule has 0 saturated heterocycles. The molecule has 1 aromatic carbocycles. The van der Waals surface area contributed by atoms with Crippen LogP contribution in [0.3, 0.4) is 0 Å². The Morgan fingerprint density at radius 1 is 1.11 bits per heavy atom. The standard InChI is InChI=1S/C24H31F2NO2.C5H11NO/c1-23-11-10-19-18-8-6-17(28)12-14(18)2-7-20(19)22(23)15(13-24(23,25)26)3-9-21(29)27-16-4-5-16;1-3-4-5(7)6-2/h6,8,12,15-16,19-20,22,28H,2-5,7,9-11,13H2,1H3,(H,27,29);3-4H2,1-2H3,(H,6,7)/t15-,19?,20?,22?,23+;/m1./s1. The first-order valence-electron chi connectivity index (χ1n) is 13.8. The molecule has 0 radical (unpaired) electrons. The summed E-state index contributed by atoms with van der Waals surface area (Å²) in [6, 6.07) is 5.92. The number of aromatic hydroxyl groups is 1. The third kappa shape index (κ3) is 5.40. The number of alkyl halides is 2. The molecule has 0 aromatic heterocycles. The molecule has 4 aliphatic carbocycles. The summed E-state index contributed by atoms with van der Waals surface area (Å²) in [6.45, 7) is 3.79. The van der Waals surface area contributed by atoms with E-state index in [0.717, 1.165) is 38.5 Å². The van der Waals surface area contributed by atoms with Crippen LogP contribution in [0, 0.1) is 23.2 Å². The SMILES string of the molecule is CCCC(=O)NC.C[C@]12CCC3c4ccc(O)cc4CCC3C1[C@H](CCC(=O)NC1CC1)CC2(F)F. The number of benzene rings is 1. The molecule has 200 valence electrons. The molecular formula is C29H42F2N2O3. The molecule has 3 saturated carbocycles. The van der Waals surface area contributed by atoms with E-state index in [-0.39, 0.29) is 41.7 Å². The number of carbonyl (C=O) groups excluding carboxylic acids is 2. The molecule has 7 heteroatoms. The van der Waals surface area contributed by atoms with E-state index in [2.05, 4.69) is 10.6 Å².